The summed E-state index contributed by atoms with van der Waals surface area (Å²) in [7, 11) is 0. The molecular weight excluding hydrogens is 282 g/mol. The molecule has 0 radical (unpaired) electrons. The van der Waals surface area contributed by atoms with Gasteiger partial charge in [0.05, 0.1) is 11.2 Å². The minimum Gasteiger partial charge on any atom is -0.484 e. The summed E-state index contributed by atoms with van der Waals surface area (Å²) in [6.07, 6.45) is -0.0784. The number of benzene rings is 2. The second-order valence-corrected chi connectivity index (χ2v) is 5.52. The minimum atomic E-state index is -0.0784. The number of pyridine rings is 1. The molecule has 3 heteroatoms. The molecular formula is C18H16ClNO. The third-order valence-corrected chi connectivity index (χ3v) is 3.73. The molecule has 1 aromatic heterocycles. The van der Waals surface area contributed by atoms with Crippen molar-refractivity contribution in [1.82, 2.24) is 4.98 Å². The van der Waals surface area contributed by atoms with E-state index in [0.717, 1.165) is 32.9 Å². The molecule has 0 N–H and O–H groups in total. The molecule has 3 aromatic rings. The van der Waals surface area contributed by atoms with E-state index in [0.29, 0.717) is 0 Å². The SMILES string of the molecule is Cc1nc2ccccc2cc1OC(C)c1cccc(Cl)c1. The smallest absolute Gasteiger partial charge is 0.142 e. The first-order chi connectivity index (χ1) is 10.1. The van der Waals surface area contributed by atoms with Gasteiger partial charge in [0, 0.05) is 10.4 Å². The lowest BCUT2D eigenvalue weighted by atomic mass is 10.1. The van der Waals surface area contributed by atoms with Gasteiger partial charge in [-0.3, -0.25) is 0 Å². The third kappa shape index (κ3) is 3.01. The first-order valence-corrected chi connectivity index (χ1v) is 7.30. The lowest BCUT2D eigenvalue weighted by Crippen LogP contribution is -2.04. The monoisotopic (exact) mass is 297 g/mol. The summed E-state index contributed by atoms with van der Waals surface area (Å²) in [6, 6.07) is 17.8. The Kier molecular flexibility index (Phi) is 3.80. The molecule has 0 amide bonds. The zero-order valence-corrected chi connectivity index (χ0v) is 12.8. The highest BCUT2D eigenvalue weighted by Gasteiger charge is 2.11. The first-order valence-electron chi connectivity index (χ1n) is 6.92. The van der Waals surface area contributed by atoms with E-state index >= 15 is 0 Å². The van der Waals surface area contributed by atoms with Gasteiger partial charge in [0.1, 0.15) is 11.9 Å². The van der Waals surface area contributed by atoms with Crippen LogP contribution in [-0.2, 0) is 0 Å². The van der Waals surface area contributed by atoms with E-state index in [2.05, 4.69) is 4.98 Å². The second-order valence-electron chi connectivity index (χ2n) is 5.08. The van der Waals surface area contributed by atoms with Crippen LogP contribution in [0.2, 0.25) is 5.02 Å². The van der Waals surface area contributed by atoms with Crippen LogP contribution in [0.25, 0.3) is 10.9 Å². The lowest BCUT2D eigenvalue weighted by molar-refractivity contribution is 0.224. The predicted octanol–water partition coefficient (Wildman–Crippen LogP) is 5.34. The molecule has 0 aliphatic carbocycles. The molecule has 21 heavy (non-hydrogen) atoms. The number of rotatable bonds is 3. The molecule has 3 rings (SSSR count). The fourth-order valence-electron chi connectivity index (χ4n) is 2.33. The van der Waals surface area contributed by atoms with Crippen LogP contribution < -0.4 is 4.74 Å². The van der Waals surface area contributed by atoms with E-state index in [4.69, 9.17) is 16.3 Å². The fourth-order valence-corrected chi connectivity index (χ4v) is 2.53. The van der Waals surface area contributed by atoms with Crippen LogP contribution in [-0.4, -0.2) is 4.98 Å². The Morgan fingerprint density at radius 1 is 1.05 bits per heavy atom. The van der Waals surface area contributed by atoms with Crippen molar-refractivity contribution >= 4 is 22.5 Å². The molecule has 1 unspecified atom stereocenters. The zero-order valence-electron chi connectivity index (χ0n) is 12.0. The number of fused-ring (bicyclic) bond motifs is 1. The Labute approximate surface area is 129 Å². The van der Waals surface area contributed by atoms with Crippen molar-refractivity contribution in [3.05, 3.63) is 70.9 Å². The van der Waals surface area contributed by atoms with Gasteiger partial charge in [-0.15, -0.1) is 0 Å². The van der Waals surface area contributed by atoms with Crippen molar-refractivity contribution in [3.63, 3.8) is 0 Å². The maximum absolute atomic E-state index is 6.07. The van der Waals surface area contributed by atoms with Gasteiger partial charge in [-0.05, 0) is 43.7 Å². The van der Waals surface area contributed by atoms with Gasteiger partial charge in [0.25, 0.3) is 0 Å². The first kappa shape index (κ1) is 13.9. The summed E-state index contributed by atoms with van der Waals surface area (Å²) in [4.78, 5) is 4.59. The Morgan fingerprint density at radius 2 is 1.86 bits per heavy atom. The summed E-state index contributed by atoms with van der Waals surface area (Å²) >= 11 is 6.03. The van der Waals surface area contributed by atoms with Crippen molar-refractivity contribution in [2.45, 2.75) is 20.0 Å². The van der Waals surface area contributed by atoms with Crippen LogP contribution in [0.15, 0.2) is 54.6 Å². The van der Waals surface area contributed by atoms with Crippen molar-refractivity contribution in [2.75, 3.05) is 0 Å². The van der Waals surface area contributed by atoms with Crippen molar-refractivity contribution < 1.29 is 4.74 Å². The molecule has 0 saturated carbocycles. The van der Waals surface area contributed by atoms with Crippen LogP contribution in [0.4, 0.5) is 0 Å². The summed E-state index contributed by atoms with van der Waals surface area (Å²) < 4.78 is 6.07. The normalized spacial score (nSPS) is 12.3. The van der Waals surface area contributed by atoms with Gasteiger partial charge < -0.3 is 4.74 Å². The van der Waals surface area contributed by atoms with Gasteiger partial charge in [-0.25, -0.2) is 4.98 Å². The molecule has 2 nitrogen and oxygen atoms in total. The average Bonchev–Trinajstić information content (AvgIpc) is 2.48. The van der Waals surface area contributed by atoms with Gasteiger partial charge in [-0.1, -0.05) is 41.9 Å². The van der Waals surface area contributed by atoms with Gasteiger partial charge >= 0.3 is 0 Å². The van der Waals surface area contributed by atoms with Crippen molar-refractivity contribution in [3.8, 4) is 5.75 Å². The molecule has 0 aliphatic heterocycles. The van der Waals surface area contributed by atoms with E-state index in [1.165, 1.54) is 0 Å². The van der Waals surface area contributed by atoms with Gasteiger partial charge in [0.2, 0.25) is 0 Å². The van der Waals surface area contributed by atoms with Crippen LogP contribution in [0.1, 0.15) is 24.3 Å². The third-order valence-electron chi connectivity index (χ3n) is 3.49. The van der Waals surface area contributed by atoms with Gasteiger partial charge in [0.15, 0.2) is 0 Å². The number of nitrogens with zero attached hydrogens (tertiary/aromatic N) is 1. The number of hydrogen-bond acceptors (Lipinski definition) is 2. The average molecular weight is 298 g/mol. The number of aromatic nitrogens is 1. The molecule has 0 spiro atoms. The predicted molar refractivity (Wildman–Crippen MR) is 87.0 cm³/mol. The highest BCUT2D eigenvalue weighted by molar-refractivity contribution is 6.30. The highest BCUT2D eigenvalue weighted by atomic mass is 35.5. The minimum absolute atomic E-state index is 0.0784. The van der Waals surface area contributed by atoms with Crippen LogP contribution in [0.5, 0.6) is 5.75 Å². The number of aryl methyl sites for hydroxylation is 1. The summed E-state index contributed by atoms with van der Waals surface area (Å²) in [6.45, 7) is 3.98. The zero-order chi connectivity index (χ0) is 14.8. The van der Waals surface area contributed by atoms with Crippen LogP contribution in [0.3, 0.4) is 0 Å². The maximum atomic E-state index is 6.07. The van der Waals surface area contributed by atoms with Crippen LogP contribution >= 0.6 is 11.6 Å². The molecule has 0 fully saturated rings. The number of halogens is 1. The number of ether oxygens (including phenoxy) is 1. The Hall–Kier alpha value is -2.06. The summed E-state index contributed by atoms with van der Waals surface area (Å²) in [5.41, 5.74) is 2.93. The molecule has 1 heterocycles. The molecule has 1 atom stereocenters. The Morgan fingerprint density at radius 3 is 2.67 bits per heavy atom. The van der Waals surface area contributed by atoms with Gasteiger partial charge in [-0.2, -0.15) is 0 Å². The fraction of sp³-hybridized carbons (Fsp3) is 0.167. The summed E-state index contributed by atoms with van der Waals surface area (Å²) in [5, 5.41) is 1.80. The lowest BCUT2D eigenvalue weighted by Gasteiger charge is -2.17. The Balaban J connectivity index is 1.92. The maximum Gasteiger partial charge on any atom is 0.142 e. The van der Waals surface area contributed by atoms with E-state index in [1.807, 2.05) is 68.4 Å². The number of para-hydroxylation sites is 1. The topological polar surface area (TPSA) is 22.1 Å². The van der Waals surface area contributed by atoms with Crippen LogP contribution in [0, 0.1) is 6.92 Å². The molecule has 0 aliphatic rings. The summed E-state index contributed by atoms with van der Waals surface area (Å²) in [5.74, 6) is 0.807. The number of hydrogen-bond donors (Lipinski definition) is 0. The molecule has 2 aromatic carbocycles. The standard InChI is InChI=1S/C18H16ClNO/c1-12-18(11-15-6-3-4-9-17(15)20-12)21-13(2)14-7-5-8-16(19)10-14/h3-11,13H,1-2H3. The van der Waals surface area contributed by atoms with Crippen molar-refractivity contribution in [2.24, 2.45) is 0 Å². The van der Waals surface area contributed by atoms with Crippen molar-refractivity contribution in [1.29, 1.82) is 0 Å². The molecule has 106 valence electrons. The molecule has 0 saturated heterocycles. The largest absolute Gasteiger partial charge is 0.484 e. The van der Waals surface area contributed by atoms with E-state index < -0.39 is 0 Å². The Bertz CT molecular complexity index is 785. The quantitative estimate of drug-likeness (QED) is 0.651. The molecule has 0 bridgehead atoms. The highest BCUT2D eigenvalue weighted by Crippen LogP contribution is 2.28. The van der Waals surface area contributed by atoms with E-state index in [1.54, 1.807) is 0 Å². The second kappa shape index (κ2) is 5.74. The van der Waals surface area contributed by atoms with E-state index in [9.17, 15) is 0 Å². The van der Waals surface area contributed by atoms with E-state index in [-0.39, 0.29) is 6.10 Å².